The third-order valence-electron chi connectivity index (χ3n) is 7.34. The van der Waals surface area contributed by atoms with E-state index in [0.717, 1.165) is 22.4 Å². The normalized spacial score (nSPS) is 16.6. The molecule has 3 N–H and O–H groups in total. The number of aromatic nitrogens is 4. The lowest BCUT2D eigenvalue weighted by Gasteiger charge is -2.33. The van der Waals surface area contributed by atoms with E-state index in [0.29, 0.717) is 47.7 Å². The average molecular weight is 561 g/mol. The SMILES string of the molecule is C=S(C)(=O)c1ccc(-c2ccc(-c3cnn4c(N)c(C(C)=O)c(C5CCN(C(=O)[C@@H](C)O)CC5)nc34)cn2)cc1. The van der Waals surface area contributed by atoms with E-state index in [4.69, 9.17) is 10.7 Å². The lowest BCUT2D eigenvalue weighted by Crippen LogP contribution is -2.42. The number of piperidine rings is 1. The number of anilines is 1. The number of nitrogen functional groups attached to an aromatic ring is 1. The maximum atomic E-state index is 12.7. The number of carbonyl (C=O) groups is 2. The summed E-state index contributed by atoms with van der Waals surface area (Å²) in [5.74, 6) is 3.38. The van der Waals surface area contributed by atoms with E-state index in [1.165, 1.54) is 18.4 Å². The van der Waals surface area contributed by atoms with Crippen molar-refractivity contribution in [2.24, 2.45) is 0 Å². The lowest BCUT2D eigenvalue weighted by molar-refractivity contribution is -0.140. The van der Waals surface area contributed by atoms with Crippen LogP contribution in [-0.4, -0.2) is 76.8 Å². The second kappa shape index (κ2) is 10.5. The van der Waals surface area contributed by atoms with E-state index in [1.807, 2.05) is 24.3 Å². The lowest BCUT2D eigenvalue weighted by atomic mass is 9.89. The summed E-state index contributed by atoms with van der Waals surface area (Å²) < 4.78 is 13.7. The van der Waals surface area contributed by atoms with E-state index in [9.17, 15) is 18.9 Å². The number of likely N-dealkylation sites (tertiary alicyclic amines) is 1. The Balaban J connectivity index is 1.49. The van der Waals surface area contributed by atoms with Crippen LogP contribution in [0.4, 0.5) is 5.82 Å². The van der Waals surface area contributed by atoms with Crippen LogP contribution >= 0.6 is 0 Å². The zero-order valence-electron chi connectivity index (χ0n) is 22.7. The molecule has 4 heterocycles. The Kier molecular flexibility index (Phi) is 7.19. The van der Waals surface area contributed by atoms with Crippen LogP contribution in [-0.2, 0) is 14.3 Å². The number of rotatable bonds is 6. The molecule has 1 aliphatic rings. The van der Waals surface area contributed by atoms with Crippen molar-refractivity contribution in [3.63, 3.8) is 0 Å². The van der Waals surface area contributed by atoms with Gasteiger partial charge in [-0.2, -0.15) is 9.61 Å². The van der Waals surface area contributed by atoms with Gasteiger partial charge in [-0.3, -0.25) is 18.8 Å². The van der Waals surface area contributed by atoms with Gasteiger partial charge in [0.25, 0.3) is 5.91 Å². The maximum Gasteiger partial charge on any atom is 0.251 e. The van der Waals surface area contributed by atoms with E-state index in [-0.39, 0.29) is 23.4 Å². The molecule has 0 spiro atoms. The van der Waals surface area contributed by atoms with Crippen molar-refractivity contribution >= 4 is 38.5 Å². The summed E-state index contributed by atoms with van der Waals surface area (Å²) in [4.78, 5) is 36.8. The van der Waals surface area contributed by atoms with Gasteiger partial charge in [0, 0.05) is 53.0 Å². The molecule has 208 valence electrons. The first-order valence-corrected chi connectivity index (χ1v) is 15.1. The number of hydrogen-bond donors (Lipinski definition) is 2. The monoisotopic (exact) mass is 560 g/mol. The molecule has 1 aliphatic heterocycles. The predicted octanol–water partition coefficient (Wildman–Crippen LogP) is 3.04. The molecule has 4 aromatic rings. The van der Waals surface area contributed by atoms with Crippen LogP contribution in [0.15, 0.2) is 53.7 Å². The number of aliphatic hydroxyl groups excluding tert-OH is 1. The van der Waals surface area contributed by atoms with Gasteiger partial charge in [-0.1, -0.05) is 18.2 Å². The summed E-state index contributed by atoms with van der Waals surface area (Å²) in [5, 5.41) is 14.1. The van der Waals surface area contributed by atoms with Crippen molar-refractivity contribution in [2.45, 2.75) is 43.6 Å². The average Bonchev–Trinajstić information content (AvgIpc) is 3.36. The van der Waals surface area contributed by atoms with Gasteiger partial charge < -0.3 is 15.7 Å². The first-order chi connectivity index (χ1) is 19.0. The third kappa shape index (κ3) is 5.09. The van der Waals surface area contributed by atoms with Crippen molar-refractivity contribution in [2.75, 3.05) is 25.1 Å². The molecule has 3 aromatic heterocycles. The summed E-state index contributed by atoms with van der Waals surface area (Å²) in [6, 6.07) is 11.2. The Morgan fingerprint density at radius 2 is 1.75 bits per heavy atom. The summed E-state index contributed by atoms with van der Waals surface area (Å²) in [7, 11) is -2.29. The number of hydrogen-bond acceptors (Lipinski definition) is 8. The van der Waals surface area contributed by atoms with Crippen LogP contribution in [0.25, 0.3) is 28.0 Å². The summed E-state index contributed by atoms with van der Waals surface area (Å²) >= 11 is 0. The highest BCUT2D eigenvalue weighted by Gasteiger charge is 2.31. The molecule has 5 rings (SSSR count). The molecule has 0 radical (unpaired) electrons. The molecule has 10 nitrogen and oxygen atoms in total. The van der Waals surface area contributed by atoms with E-state index in [2.05, 4.69) is 16.0 Å². The number of Topliss-reactive ketones (excluding diaryl/α,β-unsaturated/α-hetero) is 1. The Hall–Kier alpha value is -4.09. The minimum Gasteiger partial charge on any atom is -0.384 e. The zero-order valence-corrected chi connectivity index (χ0v) is 23.5. The molecule has 2 atom stereocenters. The smallest absolute Gasteiger partial charge is 0.251 e. The number of benzene rings is 1. The van der Waals surface area contributed by atoms with Gasteiger partial charge in [-0.05, 0) is 60.3 Å². The van der Waals surface area contributed by atoms with Gasteiger partial charge in [0.1, 0.15) is 11.9 Å². The second-order valence-electron chi connectivity index (χ2n) is 10.3. The molecule has 0 bridgehead atoms. The van der Waals surface area contributed by atoms with Gasteiger partial charge in [0.15, 0.2) is 11.4 Å². The first kappa shape index (κ1) is 27.5. The topological polar surface area (TPSA) is 144 Å². The standard InChI is InChI=1S/C29H32N6O4S/c1-17(36)25-26(20-11-13-34(14-12-20)29(38)18(2)37)33-28-23(16-32-35(28)27(25)30)21-7-10-24(31-15-21)19-5-8-22(9-6-19)40(3,4)39/h5-10,15-16,18,20,37H,3,11-14,30H2,1-2,4H3/t18-,40?/m1/s1. The van der Waals surface area contributed by atoms with Crippen LogP contribution < -0.4 is 5.73 Å². The van der Waals surface area contributed by atoms with Crippen LogP contribution in [0.1, 0.15) is 48.7 Å². The number of nitrogens with zero attached hydrogens (tertiary/aromatic N) is 5. The summed E-state index contributed by atoms with van der Waals surface area (Å²) in [6.07, 6.45) is 5.15. The van der Waals surface area contributed by atoms with Gasteiger partial charge in [0.2, 0.25) is 0 Å². The molecule has 1 saturated heterocycles. The van der Waals surface area contributed by atoms with E-state index in [1.54, 1.807) is 35.7 Å². The fourth-order valence-corrected chi connectivity index (χ4v) is 5.88. The van der Waals surface area contributed by atoms with Crippen LogP contribution in [0.2, 0.25) is 0 Å². The Morgan fingerprint density at radius 1 is 1.10 bits per heavy atom. The predicted molar refractivity (Wildman–Crippen MR) is 156 cm³/mol. The van der Waals surface area contributed by atoms with Crippen molar-refractivity contribution in [1.29, 1.82) is 0 Å². The number of fused-ring (bicyclic) bond motifs is 1. The maximum absolute atomic E-state index is 12.7. The molecule has 1 amide bonds. The Labute approximate surface area is 232 Å². The second-order valence-corrected chi connectivity index (χ2v) is 12.8. The van der Waals surface area contributed by atoms with E-state index >= 15 is 0 Å². The highest BCUT2D eigenvalue weighted by Crippen LogP contribution is 2.35. The minimum atomic E-state index is -2.29. The number of ketones is 1. The molecule has 11 heteroatoms. The minimum absolute atomic E-state index is 0.0772. The van der Waals surface area contributed by atoms with Crippen molar-refractivity contribution in [3.05, 3.63) is 60.0 Å². The van der Waals surface area contributed by atoms with Crippen molar-refractivity contribution < 1.29 is 18.9 Å². The van der Waals surface area contributed by atoms with Crippen LogP contribution in [0.3, 0.4) is 0 Å². The Bertz CT molecular complexity index is 1700. The largest absolute Gasteiger partial charge is 0.384 e. The first-order valence-electron chi connectivity index (χ1n) is 13.0. The molecule has 0 aliphatic carbocycles. The number of nitrogens with two attached hydrogens (primary N) is 1. The molecular formula is C29H32N6O4S. The van der Waals surface area contributed by atoms with Gasteiger partial charge in [-0.15, -0.1) is 0 Å². The molecule has 1 aromatic carbocycles. The number of carbonyl (C=O) groups excluding carboxylic acids is 2. The summed E-state index contributed by atoms with van der Waals surface area (Å²) in [6.45, 7) is 3.84. The van der Waals surface area contributed by atoms with Gasteiger partial charge in [0.05, 0.1) is 23.1 Å². The molecule has 1 unspecified atom stereocenters. The van der Waals surface area contributed by atoms with Crippen LogP contribution in [0, 0.1) is 0 Å². The number of amides is 1. The molecule has 40 heavy (non-hydrogen) atoms. The highest BCUT2D eigenvalue weighted by molar-refractivity contribution is 7.99. The number of aliphatic hydroxyl groups is 1. The van der Waals surface area contributed by atoms with Crippen molar-refractivity contribution in [1.82, 2.24) is 24.5 Å². The van der Waals surface area contributed by atoms with Gasteiger partial charge in [-0.25, -0.2) is 4.98 Å². The van der Waals surface area contributed by atoms with Crippen molar-refractivity contribution in [3.8, 4) is 22.4 Å². The number of pyridine rings is 1. The fraction of sp³-hybridized carbons (Fsp3) is 0.310. The van der Waals surface area contributed by atoms with E-state index < -0.39 is 15.6 Å². The van der Waals surface area contributed by atoms with Crippen LogP contribution in [0.5, 0.6) is 0 Å². The fourth-order valence-electron chi connectivity index (χ4n) is 5.17. The quantitative estimate of drug-likeness (QED) is 0.271. The molecule has 1 fully saturated rings. The Morgan fingerprint density at radius 3 is 2.30 bits per heavy atom. The molecule has 0 saturated carbocycles. The third-order valence-corrected chi connectivity index (χ3v) is 8.61. The highest BCUT2D eigenvalue weighted by atomic mass is 32.2. The summed E-state index contributed by atoms with van der Waals surface area (Å²) in [5.41, 5.74) is 11.1. The molecular weight excluding hydrogens is 528 g/mol. The van der Waals surface area contributed by atoms with Gasteiger partial charge >= 0.3 is 0 Å². The zero-order chi connectivity index (χ0) is 28.8.